The number of nitrogens with two attached hydrogens (primary N) is 1. The number of aromatic nitrogens is 2. The number of nitrogens with zero attached hydrogens (tertiary/aromatic N) is 3. The molecule has 0 saturated carbocycles. The molecule has 1 aromatic heterocycles. The summed E-state index contributed by atoms with van der Waals surface area (Å²) in [5, 5.41) is 10.4. The highest BCUT2D eigenvalue weighted by Crippen LogP contribution is 2.37. The number of benzene rings is 2. The fourth-order valence-electron chi connectivity index (χ4n) is 5.18. The summed E-state index contributed by atoms with van der Waals surface area (Å²) < 4.78 is 82.0. The normalized spacial score (nSPS) is 18.1. The van der Waals surface area contributed by atoms with E-state index in [-0.39, 0.29) is 59.6 Å². The van der Waals surface area contributed by atoms with Crippen LogP contribution in [0, 0.1) is 0 Å². The van der Waals surface area contributed by atoms with Gasteiger partial charge in [-0.15, -0.1) is 0 Å². The molecule has 43 heavy (non-hydrogen) atoms. The van der Waals surface area contributed by atoms with Crippen LogP contribution in [0.4, 0.5) is 23.5 Å². The van der Waals surface area contributed by atoms with Crippen LogP contribution >= 0.6 is 0 Å². The topological polar surface area (TPSA) is 136 Å². The van der Waals surface area contributed by atoms with Gasteiger partial charge in [0.1, 0.15) is 6.67 Å². The molecule has 2 heterocycles. The van der Waals surface area contributed by atoms with Crippen LogP contribution < -0.4 is 10.6 Å². The van der Waals surface area contributed by atoms with Gasteiger partial charge in [0.05, 0.1) is 59.2 Å². The lowest BCUT2D eigenvalue weighted by Crippen LogP contribution is -2.35. The monoisotopic (exact) mass is 624 g/mol. The lowest BCUT2D eigenvalue weighted by molar-refractivity contribution is -0.137. The SMILES string of the molecule is CCS(=O)(=O)c1ccc([C@@H](CO)c2nc(N3CC(c4ccc(C(F)(F)F)cc4)C[C@H]3COCCF)ncc2C(N)=O)cc1. The summed E-state index contributed by atoms with van der Waals surface area (Å²) in [6, 6.07) is 10.4. The summed E-state index contributed by atoms with van der Waals surface area (Å²) in [5.41, 5.74) is 6.06. The van der Waals surface area contributed by atoms with Crippen molar-refractivity contribution in [2.75, 3.05) is 43.7 Å². The van der Waals surface area contributed by atoms with E-state index in [4.69, 9.17) is 10.5 Å². The molecule has 0 radical (unpaired) electrons. The van der Waals surface area contributed by atoms with Crippen molar-refractivity contribution in [3.63, 3.8) is 0 Å². The smallest absolute Gasteiger partial charge is 0.395 e. The Morgan fingerprint density at radius 3 is 2.40 bits per heavy atom. The second kappa shape index (κ2) is 13.3. The fraction of sp³-hybridized carbons (Fsp3) is 0.414. The van der Waals surface area contributed by atoms with Crippen LogP contribution in [0.25, 0.3) is 0 Å². The zero-order valence-corrected chi connectivity index (χ0v) is 24.1. The number of ether oxygens (including phenoxy) is 1. The predicted molar refractivity (Wildman–Crippen MR) is 150 cm³/mol. The van der Waals surface area contributed by atoms with Crippen molar-refractivity contribution >= 4 is 21.7 Å². The molecule has 1 aliphatic heterocycles. The summed E-state index contributed by atoms with van der Waals surface area (Å²) in [6.07, 6.45) is -2.78. The third-order valence-corrected chi connectivity index (χ3v) is 9.27. The number of carbonyl (C=O) groups is 1. The van der Waals surface area contributed by atoms with E-state index in [2.05, 4.69) is 9.97 Å². The average molecular weight is 625 g/mol. The summed E-state index contributed by atoms with van der Waals surface area (Å²) in [6.45, 7) is 0.579. The van der Waals surface area contributed by atoms with Crippen molar-refractivity contribution in [1.29, 1.82) is 0 Å². The van der Waals surface area contributed by atoms with Crippen LogP contribution in [0.5, 0.6) is 0 Å². The first kappa shape index (κ1) is 32.3. The lowest BCUT2D eigenvalue weighted by Gasteiger charge is -2.26. The second-order valence-electron chi connectivity index (χ2n) is 10.2. The van der Waals surface area contributed by atoms with E-state index in [1.165, 1.54) is 49.5 Å². The van der Waals surface area contributed by atoms with E-state index in [1.54, 1.807) is 4.90 Å². The highest BCUT2D eigenvalue weighted by Gasteiger charge is 2.37. The van der Waals surface area contributed by atoms with Gasteiger partial charge in [0.15, 0.2) is 9.84 Å². The maximum Gasteiger partial charge on any atom is 0.416 e. The molecule has 2 aromatic carbocycles. The number of aliphatic hydroxyl groups is 1. The number of anilines is 1. The van der Waals surface area contributed by atoms with Crippen molar-refractivity contribution in [1.82, 2.24) is 9.97 Å². The lowest BCUT2D eigenvalue weighted by atomic mass is 9.93. The summed E-state index contributed by atoms with van der Waals surface area (Å²) in [5.74, 6) is -1.86. The van der Waals surface area contributed by atoms with Gasteiger partial charge in [-0.1, -0.05) is 31.2 Å². The number of hydrogen-bond donors (Lipinski definition) is 2. The van der Waals surface area contributed by atoms with E-state index < -0.39 is 46.7 Å². The first-order chi connectivity index (χ1) is 20.4. The zero-order chi connectivity index (χ0) is 31.4. The number of aliphatic hydroxyl groups excluding tert-OH is 1. The number of primary amides is 1. The fourth-order valence-corrected chi connectivity index (χ4v) is 6.07. The number of halogens is 4. The molecule has 232 valence electrons. The van der Waals surface area contributed by atoms with Gasteiger partial charge in [-0.2, -0.15) is 13.2 Å². The molecule has 4 rings (SSSR count). The Hall–Kier alpha value is -3.62. The Balaban J connectivity index is 1.70. The van der Waals surface area contributed by atoms with E-state index in [1.807, 2.05) is 0 Å². The number of sulfone groups is 1. The molecule has 14 heteroatoms. The van der Waals surface area contributed by atoms with E-state index in [0.29, 0.717) is 17.5 Å². The number of hydrogen-bond acceptors (Lipinski definition) is 8. The molecule has 9 nitrogen and oxygen atoms in total. The van der Waals surface area contributed by atoms with Crippen LogP contribution in [0.2, 0.25) is 0 Å². The third-order valence-electron chi connectivity index (χ3n) is 7.52. The van der Waals surface area contributed by atoms with E-state index >= 15 is 0 Å². The van der Waals surface area contributed by atoms with Crippen LogP contribution in [0.15, 0.2) is 59.6 Å². The highest BCUT2D eigenvalue weighted by molar-refractivity contribution is 7.91. The zero-order valence-electron chi connectivity index (χ0n) is 23.3. The maximum atomic E-state index is 13.1. The number of alkyl halides is 4. The van der Waals surface area contributed by atoms with E-state index in [0.717, 1.165) is 12.1 Å². The first-order valence-electron chi connectivity index (χ1n) is 13.6. The van der Waals surface area contributed by atoms with Crippen molar-refractivity contribution in [2.45, 2.75) is 42.3 Å². The minimum absolute atomic E-state index is 0.0447. The molecule has 1 unspecified atom stereocenters. The molecule has 1 aliphatic rings. The summed E-state index contributed by atoms with van der Waals surface area (Å²) in [7, 11) is -3.47. The van der Waals surface area contributed by atoms with Crippen LogP contribution in [-0.2, 0) is 20.8 Å². The van der Waals surface area contributed by atoms with Gasteiger partial charge in [-0.3, -0.25) is 4.79 Å². The Morgan fingerprint density at radius 2 is 1.84 bits per heavy atom. The van der Waals surface area contributed by atoms with Gasteiger partial charge in [0.25, 0.3) is 5.91 Å². The second-order valence-corrected chi connectivity index (χ2v) is 12.4. The molecule has 1 saturated heterocycles. The molecule has 0 bridgehead atoms. The third kappa shape index (κ3) is 7.31. The number of amides is 1. The Labute approximate surface area is 246 Å². The molecule has 3 atom stereocenters. The Morgan fingerprint density at radius 1 is 1.16 bits per heavy atom. The first-order valence-corrected chi connectivity index (χ1v) is 15.2. The summed E-state index contributed by atoms with van der Waals surface area (Å²) in [4.78, 5) is 23.2. The molecule has 3 N–H and O–H groups in total. The molecule has 0 aliphatic carbocycles. The van der Waals surface area contributed by atoms with E-state index in [9.17, 15) is 35.9 Å². The van der Waals surface area contributed by atoms with Crippen LogP contribution in [0.1, 0.15) is 57.9 Å². The molecule has 3 aromatic rings. The molecule has 1 fully saturated rings. The molecular formula is C29H32F4N4O5S. The predicted octanol–water partition coefficient (Wildman–Crippen LogP) is 3.86. The quantitative estimate of drug-likeness (QED) is 0.229. The molecule has 0 spiro atoms. The Bertz CT molecular complexity index is 1520. The van der Waals surface area contributed by atoms with Crippen molar-refractivity contribution in [3.05, 3.63) is 82.7 Å². The van der Waals surface area contributed by atoms with Crippen molar-refractivity contribution < 1.29 is 40.6 Å². The molecule has 1 amide bonds. The number of rotatable bonds is 12. The highest BCUT2D eigenvalue weighted by atomic mass is 32.2. The number of carbonyl (C=O) groups excluding carboxylic acids is 1. The van der Waals surface area contributed by atoms with Gasteiger partial charge in [0, 0.05) is 18.7 Å². The minimum atomic E-state index is -4.47. The van der Waals surface area contributed by atoms with Gasteiger partial charge >= 0.3 is 6.18 Å². The van der Waals surface area contributed by atoms with Gasteiger partial charge in [-0.25, -0.2) is 22.8 Å². The standard InChI is InChI=1S/C29H32F4N4O5S/c1-2-43(40,41)23-9-5-19(6-10-23)25(16-38)26-24(27(34)39)14-35-28(36-26)37-15-20(13-22(37)17-42-12-11-30)18-3-7-21(8-4-18)29(31,32)33/h3-10,14,20,22,25,38H,2,11-13,15-17H2,1H3,(H2,34,39)/t20?,22-,25+/m0/s1. The maximum absolute atomic E-state index is 13.1. The van der Waals surface area contributed by atoms with Crippen molar-refractivity contribution in [2.24, 2.45) is 5.73 Å². The average Bonchev–Trinajstić information content (AvgIpc) is 3.41. The minimum Gasteiger partial charge on any atom is -0.395 e. The summed E-state index contributed by atoms with van der Waals surface area (Å²) >= 11 is 0. The van der Waals surface area contributed by atoms with Crippen LogP contribution in [-0.4, -0.2) is 74.2 Å². The Kier molecular flexibility index (Phi) is 10.0. The van der Waals surface area contributed by atoms with Crippen LogP contribution in [0.3, 0.4) is 0 Å². The van der Waals surface area contributed by atoms with Gasteiger partial charge in [-0.05, 0) is 41.8 Å². The largest absolute Gasteiger partial charge is 0.416 e. The van der Waals surface area contributed by atoms with Gasteiger partial charge < -0.3 is 20.5 Å². The van der Waals surface area contributed by atoms with Gasteiger partial charge in [0.2, 0.25) is 5.95 Å². The van der Waals surface area contributed by atoms with Crippen molar-refractivity contribution in [3.8, 4) is 0 Å². The molecular weight excluding hydrogens is 592 g/mol.